The molecule has 18 heavy (non-hydrogen) atoms. The molecule has 1 aromatic heterocycles. The van der Waals surface area contributed by atoms with Gasteiger partial charge in [-0.3, -0.25) is 0 Å². The lowest BCUT2D eigenvalue weighted by molar-refractivity contribution is 0.347. The van der Waals surface area contributed by atoms with Crippen LogP contribution in [0.25, 0.3) is 11.0 Å². The van der Waals surface area contributed by atoms with E-state index < -0.39 is 0 Å². The number of methoxy groups -OCH3 is 1. The molecule has 96 valence electrons. The Balaban J connectivity index is 2.10. The van der Waals surface area contributed by atoms with Gasteiger partial charge >= 0.3 is 0 Å². The Labute approximate surface area is 107 Å². The second-order valence-electron chi connectivity index (χ2n) is 5.13. The maximum Gasteiger partial charge on any atom is 0.137 e. The molecule has 2 aromatic rings. The summed E-state index contributed by atoms with van der Waals surface area (Å²) < 4.78 is 11.1. The van der Waals surface area contributed by atoms with Gasteiger partial charge in [-0.25, -0.2) is 0 Å². The molecule has 2 atom stereocenters. The fourth-order valence-electron chi connectivity index (χ4n) is 2.95. The van der Waals surface area contributed by atoms with Crippen LogP contribution in [0.5, 0.6) is 5.75 Å². The Hall–Kier alpha value is -1.48. The van der Waals surface area contributed by atoms with Crippen LogP contribution in [0.3, 0.4) is 0 Å². The van der Waals surface area contributed by atoms with Crippen LogP contribution in [0.15, 0.2) is 28.9 Å². The third-order valence-corrected chi connectivity index (χ3v) is 3.97. The first kappa shape index (κ1) is 11.6. The van der Waals surface area contributed by atoms with Crippen molar-refractivity contribution in [1.82, 2.24) is 5.32 Å². The lowest BCUT2D eigenvalue weighted by atomic mass is 9.81. The third-order valence-electron chi connectivity index (χ3n) is 3.97. The van der Waals surface area contributed by atoms with Crippen LogP contribution in [0, 0.1) is 5.92 Å². The molecule has 1 aliphatic heterocycles. The second kappa shape index (κ2) is 4.65. The first-order valence-electron chi connectivity index (χ1n) is 6.55. The minimum atomic E-state index is 0.551. The van der Waals surface area contributed by atoms with Crippen LogP contribution in [0.4, 0.5) is 0 Å². The van der Waals surface area contributed by atoms with Gasteiger partial charge in [0.1, 0.15) is 11.3 Å². The van der Waals surface area contributed by atoms with Gasteiger partial charge in [0.15, 0.2) is 0 Å². The maximum atomic E-state index is 5.67. The summed E-state index contributed by atoms with van der Waals surface area (Å²) in [6.07, 6.45) is 2.92. The summed E-state index contributed by atoms with van der Waals surface area (Å²) in [5.41, 5.74) is 2.32. The predicted octanol–water partition coefficient (Wildman–Crippen LogP) is 3.15. The summed E-state index contributed by atoms with van der Waals surface area (Å²) in [4.78, 5) is 0. The van der Waals surface area contributed by atoms with E-state index in [0.717, 1.165) is 36.2 Å². The van der Waals surface area contributed by atoms with Gasteiger partial charge in [-0.1, -0.05) is 6.92 Å². The van der Waals surface area contributed by atoms with Gasteiger partial charge in [-0.15, -0.1) is 0 Å². The van der Waals surface area contributed by atoms with E-state index in [2.05, 4.69) is 18.3 Å². The fourth-order valence-corrected chi connectivity index (χ4v) is 2.95. The monoisotopic (exact) mass is 245 g/mol. The normalized spacial score (nSPS) is 24.3. The first-order chi connectivity index (χ1) is 8.79. The molecule has 0 saturated carbocycles. The Bertz CT molecular complexity index is 546. The van der Waals surface area contributed by atoms with Gasteiger partial charge in [-0.2, -0.15) is 0 Å². The molecular weight excluding hydrogens is 226 g/mol. The number of hydrogen-bond donors (Lipinski definition) is 1. The van der Waals surface area contributed by atoms with Gasteiger partial charge in [0, 0.05) is 10.9 Å². The van der Waals surface area contributed by atoms with E-state index in [4.69, 9.17) is 9.15 Å². The molecule has 0 aliphatic carbocycles. The Kier molecular flexibility index (Phi) is 3.00. The van der Waals surface area contributed by atoms with E-state index in [0.29, 0.717) is 11.8 Å². The smallest absolute Gasteiger partial charge is 0.137 e. The van der Waals surface area contributed by atoms with Crippen LogP contribution in [-0.4, -0.2) is 20.2 Å². The third kappa shape index (κ3) is 1.89. The van der Waals surface area contributed by atoms with Crippen molar-refractivity contribution in [3.05, 3.63) is 30.0 Å². The minimum Gasteiger partial charge on any atom is -0.497 e. The van der Waals surface area contributed by atoms with Crippen molar-refractivity contribution < 1.29 is 9.15 Å². The number of ether oxygens (including phenoxy) is 1. The zero-order chi connectivity index (χ0) is 12.5. The van der Waals surface area contributed by atoms with E-state index in [-0.39, 0.29) is 0 Å². The average molecular weight is 245 g/mol. The summed E-state index contributed by atoms with van der Waals surface area (Å²) in [5.74, 6) is 2.10. The predicted molar refractivity (Wildman–Crippen MR) is 72.2 cm³/mol. The van der Waals surface area contributed by atoms with Gasteiger partial charge in [0.2, 0.25) is 0 Å². The number of hydrogen-bond acceptors (Lipinski definition) is 3. The van der Waals surface area contributed by atoms with E-state index in [1.54, 1.807) is 13.4 Å². The highest BCUT2D eigenvalue weighted by atomic mass is 16.5. The molecular formula is C15H19NO2. The quantitative estimate of drug-likeness (QED) is 0.882. The highest BCUT2D eigenvalue weighted by molar-refractivity contribution is 5.82. The first-order valence-corrected chi connectivity index (χ1v) is 6.55. The van der Waals surface area contributed by atoms with Crippen LogP contribution in [0.2, 0.25) is 0 Å². The SMILES string of the molecule is COc1cc([C@H]2CCNC[C@@H]2C)c2occc2c1. The van der Waals surface area contributed by atoms with Gasteiger partial charge in [0.05, 0.1) is 13.4 Å². The summed E-state index contributed by atoms with van der Waals surface area (Å²) in [7, 11) is 1.72. The molecule has 0 spiro atoms. The molecule has 3 heteroatoms. The van der Waals surface area contributed by atoms with Gasteiger partial charge in [-0.05, 0) is 49.5 Å². The van der Waals surface area contributed by atoms with Crippen molar-refractivity contribution in [1.29, 1.82) is 0 Å². The van der Waals surface area contributed by atoms with Crippen LogP contribution < -0.4 is 10.1 Å². The number of benzene rings is 1. The molecule has 0 unspecified atom stereocenters. The van der Waals surface area contributed by atoms with Crippen LogP contribution >= 0.6 is 0 Å². The van der Waals surface area contributed by atoms with Gasteiger partial charge in [0.25, 0.3) is 0 Å². The van der Waals surface area contributed by atoms with E-state index in [1.165, 1.54) is 5.56 Å². The molecule has 1 aromatic carbocycles. The minimum absolute atomic E-state index is 0.551. The zero-order valence-electron chi connectivity index (χ0n) is 10.9. The molecule has 3 rings (SSSR count). The lowest BCUT2D eigenvalue weighted by Gasteiger charge is -2.30. The van der Waals surface area contributed by atoms with Crippen molar-refractivity contribution in [2.75, 3.05) is 20.2 Å². The number of furan rings is 1. The summed E-state index contributed by atoms with van der Waals surface area (Å²) in [6.45, 7) is 4.45. The summed E-state index contributed by atoms with van der Waals surface area (Å²) in [5, 5.41) is 4.58. The van der Waals surface area contributed by atoms with Crippen LogP contribution in [-0.2, 0) is 0 Å². The lowest BCUT2D eigenvalue weighted by Crippen LogP contribution is -2.33. The van der Waals surface area contributed by atoms with Crippen molar-refractivity contribution in [2.24, 2.45) is 5.92 Å². The number of fused-ring (bicyclic) bond motifs is 1. The number of nitrogens with one attached hydrogen (secondary N) is 1. The highest BCUT2D eigenvalue weighted by Crippen LogP contribution is 2.37. The Morgan fingerprint density at radius 3 is 3.06 bits per heavy atom. The van der Waals surface area contributed by atoms with Crippen molar-refractivity contribution in [3.8, 4) is 5.75 Å². The number of piperidine rings is 1. The standard InChI is InChI=1S/C15H19NO2/c1-10-9-16-5-3-13(10)14-8-12(17-2)7-11-4-6-18-15(11)14/h4,6-8,10,13,16H,3,5,9H2,1-2H3/t10-,13-/m0/s1. The molecule has 2 heterocycles. The second-order valence-corrected chi connectivity index (χ2v) is 5.13. The molecule has 1 saturated heterocycles. The van der Waals surface area contributed by atoms with E-state index in [1.807, 2.05) is 12.1 Å². The molecule has 1 aliphatic rings. The largest absolute Gasteiger partial charge is 0.497 e. The molecule has 0 radical (unpaired) electrons. The van der Waals surface area contributed by atoms with Crippen molar-refractivity contribution in [3.63, 3.8) is 0 Å². The Morgan fingerprint density at radius 1 is 1.39 bits per heavy atom. The van der Waals surface area contributed by atoms with Crippen LogP contribution in [0.1, 0.15) is 24.8 Å². The zero-order valence-corrected chi connectivity index (χ0v) is 10.9. The molecule has 1 N–H and O–H groups in total. The van der Waals surface area contributed by atoms with Crippen molar-refractivity contribution >= 4 is 11.0 Å². The molecule has 1 fully saturated rings. The Morgan fingerprint density at radius 2 is 2.28 bits per heavy atom. The molecule has 3 nitrogen and oxygen atoms in total. The molecule has 0 amide bonds. The fraction of sp³-hybridized carbons (Fsp3) is 0.467. The van der Waals surface area contributed by atoms with E-state index >= 15 is 0 Å². The van der Waals surface area contributed by atoms with Crippen molar-refractivity contribution in [2.45, 2.75) is 19.3 Å². The summed E-state index contributed by atoms with van der Waals surface area (Å²) in [6, 6.07) is 6.18. The molecule has 0 bridgehead atoms. The summed E-state index contributed by atoms with van der Waals surface area (Å²) >= 11 is 0. The maximum absolute atomic E-state index is 5.67. The highest BCUT2D eigenvalue weighted by Gasteiger charge is 2.26. The topological polar surface area (TPSA) is 34.4 Å². The average Bonchev–Trinajstić information content (AvgIpc) is 2.86. The van der Waals surface area contributed by atoms with Gasteiger partial charge < -0.3 is 14.5 Å². The number of rotatable bonds is 2. The van der Waals surface area contributed by atoms with E-state index in [9.17, 15) is 0 Å².